The van der Waals surface area contributed by atoms with Crippen LogP contribution in [0.1, 0.15) is 55.8 Å². The van der Waals surface area contributed by atoms with Crippen molar-refractivity contribution in [3.63, 3.8) is 0 Å². The van der Waals surface area contributed by atoms with Gasteiger partial charge in [-0.3, -0.25) is 4.79 Å². The van der Waals surface area contributed by atoms with Gasteiger partial charge in [-0.2, -0.15) is 4.31 Å². The molecule has 0 bridgehead atoms. The highest BCUT2D eigenvalue weighted by atomic mass is 32.2. The van der Waals surface area contributed by atoms with Gasteiger partial charge in [-0.15, -0.1) is 0 Å². The minimum absolute atomic E-state index is 0.0677. The number of rotatable bonds is 8. The average Bonchev–Trinajstić information content (AvgIpc) is 2.65. The Labute approximate surface area is 150 Å². The van der Waals surface area contributed by atoms with Gasteiger partial charge in [0.1, 0.15) is 10.6 Å². The molecule has 1 aliphatic heterocycles. The van der Waals surface area contributed by atoms with Crippen molar-refractivity contribution in [2.75, 3.05) is 26.7 Å². The molecule has 1 aromatic carbocycles. The van der Waals surface area contributed by atoms with E-state index in [1.165, 1.54) is 17.5 Å². The van der Waals surface area contributed by atoms with Crippen molar-refractivity contribution >= 4 is 15.9 Å². The van der Waals surface area contributed by atoms with Crippen LogP contribution in [0.3, 0.4) is 0 Å². The molecule has 140 valence electrons. The lowest BCUT2D eigenvalue weighted by atomic mass is 10.2. The predicted octanol–water partition coefficient (Wildman–Crippen LogP) is 2.79. The van der Waals surface area contributed by atoms with Crippen molar-refractivity contribution in [3.8, 4) is 5.75 Å². The van der Waals surface area contributed by atoms with Crippen LogP contribution in [0.5, 0.6) is 5.75 Å². The Kier molecular flexibility index (Phi) is 7.25. The Morgan fingerprint density at radius 3 is 2.56 bits per heavy atom. The number of methoxy groups -OCH3 is 1. The Morgan fingerprint density at radius 1 is 1.20 bits per heavy atom. The fraction of sp³-hybridized carbons (Fsp3) is 0.611. The van der Waals surface area contributed by atoms with Gasteiger partial charge in [0.05, 0.1) is 7.11 Å². The SMILES string of the molecule is CCCCCNC(=O)c1ccc(OC)c(S(=O)(=O)N2CCCCC2)c1. The van der Waals surface area contributed by atoms with Crippen LogP contribution in [-0.2, 0) is 10.0 Å². The molecule has 2 rings (SSSR count). The molecule has 0 unspecified atom stereocenters. The van der Waals surface area contributed by atoms with E-state index in [0.717, 1.165) is 38.5 Å². The smallest absolute Gasteiger partial charge is 0.251 e. The molecule has 0 aromatic heterocycles. The number of hydrogen-bond acceptors (Lipinski definition) is 4. The molecule has 0 radical (unpaired) electrons. The molecule has 1 amide bonds. The topological polar surface area (TPSA) is 75.7 Å². The third-order valence-electron chi connectivity index (χ3n) is 4.42. The van der Waals surface area contributed by atoms with Crippen LogP contribution in [-0.4, -0.2) is 45.4 Å². The quantitative estimate of drug-likeness (QED) is 0.716. The zero-order valence-electron chi connectivity index (χ0n) is 15.1. The number of hydrogen-bond donors (Lipinski definition) is 1. The van der Waals surface area contributed by atoms with Gasteiger partial charge in [0.15, 0.2) is 0 Å². The number of nitrogens with one attached hydrogen (secondary N) is 1. The molecule has 6 nitrogen and oxygen atoms in total. The zero-order chi connectivity index (χ0) is 18.3. The van der Waals surface area contributed by atoms with Crippen molar-refractivity contribution in [1.29, 1.82) is 0 Å². The first-order valence-corrected chi connectivity index (χ1v) is 10.4. The summed E-state index contributed by atoms with van der Waals surface area (Å²) in [4.78, 5) is 12.4. The van der Waals surface area contributed by atoms with Gasteiger partial charge in [-0.1, -0.05) is 26.2 Å². The maximum atomic E-state index is 13.0. The highest BCUT2D eigenvalue weighted by Gasteiger charge is 2.29. The fourth-order valence-corrected chi connectivity index (χ4v) is 4.64. The summed E-state index contributed by atoms with van der Waals surface area (Å²) in [6, 6.07) is 4.58. The minimum Gasteiger partial charge on any atom is -0.495 e. The van der Waals surface area contributed by atoms with Crippen LogP contribution in [0.4, 0.5) is 0 Å². The molecule has 1 saturated heterocycles. The van der Waals surface area contributed by atoms with Crippen LogP contribution in [0.15, 0.2) is 23.1 Å². The van der Waals surface area contributed by atoms with Crippen molar-refractivity contribution in [2.24, 2.45) is 0 Å². The molecular weight excluding hydrogens is 340 g/mol. The van der Waals surface area contributed by atoms with Gasteiger partial charge >= 0.3 is 0 Å². The molecule has 0 spiro atoms. The summed E-state index contributed by atoms with van der Waals surface area (Å²) in [5.74, 6) is 0.0157. The molecule has 1 aromatic rings. The van der Waals surface area contributed by atoms with Crippen molar-refractivity contribution in [1.82, 2.24) is 9.62 Å². The van der Waals surface area contributed by atoms with E-state index in [4.69, 9.17) is 4.74 Å². The Morgan fingerprint density at radius 2 is 1.92 bits per heavy atom. The maximum Gasteiger partial charge on any atom is 0.251 e. The van der Waals surface area contributed by atoms with E-state index in [-0.39, 0.29) is 16.6 Å². The van der Waals surface area contributed by atoms with E-state index < -0.39 is 10.0 Å². The summed E-state index contributed by atoms with van der Waals surface area (Å²) in [6.45, 7) is 3.72. The second kappa shape index (κ2) is 9.20. The summed E-state index contributed by atoms with van der Waals surface area (Å²) in [5.41, 5.74) is 0.341. The second-order valence-corrected chi connectivity index (χ2v) is 8.20. The third kappa shape index (κ3) is 4.95. The zero-order valence-corrected chi connectivity index (χ0v) is 15.9. The van der Waals surface area contributed by atoms with Crippen LogP contribution < -0.4 is 10.1 Å². The van der Waals surface area contributed by atoms with Gasteiger partial charge < -0.3 is 10.1 Å². The number of carbonyl (C=O) groups is 1. The molecule has 0 aliphatic carbocycles. The minimum atomic E-state index is -3.66. The molecular formula is C18H28N2O4S. The molecule has 7 heteroatoms. The lowest BCUT2D eigenvalue weighted by Crippen LogP contribution is -2.36. The highest BCUT2D eigenvalue weighted by molar-refractivity contribution is 7.89. The monoisotopic (exact) mass is 368 g/mol. The number of benzene rings is 1. The predicted molar refractivity (Wildman–Crippen MR) is 97.5 cm³/mol. The van der Waals surface area contributed by atoms with Crippen molar-refractivity contribution in [3.05, 3.63) is 23.8 Å². The number of amides is 1. The first-order chi connectivity index (χ1) is 12.0. The lowest BCUT2D eigenvalue weighted by Gasteiger charge is -2.26. The molecule has 25 heavy (non-hydrogen) atoms. The molecule has 1 heterocycles. The summed E-state index contributed by atoms with van der Waals surface area (Å²) in [6.07, 6.45) is 5.81. The number of nitrogens with zero attached hydrogens (tertiary/aromatic N) is 1. The molecule has 1 N–H and O–H groups in total. The van der Waals surface area contributed by atoms with Gasteiger partial charge in [-0.25, -0.2) is 8.42 Å². The molecule has 1 fully saturated rings. The summed E-state index contributed by atoms with van der Waals surface area (Å²) >= 11 is 0. The number of carbonyl (C=O) groups excluding carboxylic acids is 1. The summed E-state index contributed by atoms with van der Waals surface area (Å²) in [7, 11) is -2.22. The fourth-order valence-electron chi connectivity index (χ4n) is 2.94. The molecule has 0 atom stereocenters. The van der Waals surface area contributed by atoms with Gasteiger partial charge in [-0.05, 0) is 37.5 Å². The lowest BCUT2D eigenvalue weighted by molar-refractivity contribution is 0.0952. The standard InChI is InChI=1S/C18H28N2O4S/c1-3-4-6-11-19-18(21)15-9-10-16(24-2)17(14-15)25(22,23)20-12-7-5-8-13-20/h9-10,14H,3-8,11-13H2,1-2H3,(H,19,21). The summed E-state index contributed by atoms with van der Waals surface area (Å²) < 4.78 is 32.6. The van der Waals surface area contributed by atoms with E-state index in [1.807, 2.05) is 0 Å². The van der Waals surface area contributed by atoms with Gasteiger partial charge in [0.2, 0.25) is 10.0 Å². The van der Waals surface area contributed by atoms with Gasteiger partial charge in [0.25, 0.3) is 5.91 Å². The van der Waals surface area contributed by atoms with Crippen LogP contribution in [0.2, 0.25) is 0 Å². The van der Waals surface area contributed by atoms with Crippen molar-refractivity contribution < 1.29 is 17.9 Å². The maximum absolute atomic E-state index is 13.0. The van der Waals surface area contributed by atoms with E-state index >= 15 is 0 Å². The normalized spacial score (nSPS) is 15.8. The van der Waals surface area contributed by atoms with Crippen molar-refractivity contribution in [2.45, 2.75) is 50.3 Å². The Bertz CT molecular complexity index is 682. The largest absolute Gasteiger partial charge is 0.495 e. The Balaban J connectivity index is 2.23. The number of unbranched alkanes of at least 4 members (excludes halogenated alkanes) is 2. The molecule has 1 aliphatic rings. The highest BCUT2D eigenvalue weighted by Crippen LogP contribution is 2.29. The summed E-state index contributed by atoms with van der Waals surface area (Å²) in [5, 5.41) is 2.84. The number of ether oxygens (including phenoxy) is 1. The third-order valence-corrected chi connectivity index (χ3v) is 6.34. The number of piperidine rings is 1. The first-order valence-electron chi connectivity index (χ1n) is 8.97. The molecule has 0 saturated carbocycles. The van der Waals surface area contributed by atoms with E-state index in [1.54, 1.807) is 12.1 Å². The average molecular weight is 368 g/mol. The van der Waals surface area contributed by atoms with Crippen LogP contribution >= 0.6 is 0 Å². The van der Waals surface area contributed by atoms with E-state index in [9.17, 15) is 13.2 Å². The number of sulfonamides is 1. The van der Waals surface area contributed by atoms with Crippen LogP contribution in [0.25, 0.3) is 0 Å². The van der Waals surface area contributed by atoms with E-state index in [2.05, 4.69) is 12.2 Å². The van der Waals surface area contributed by atoms with E-state index in [0.29, 0.717) is 25.2 Å². The Hall–Kier alpha value is -1.60. The first kappa shape index (κ1) is 19.7. The second-order valence-electron chi connectivity index (χ2n) is 6.29. The van der Waals surface area contributed by atoms with Crippen LogP contribution in [0, 0.1) is 0 Å². The van der Waals surface area contributed by atoms with Gasteiger partial charge in [0, 0.05) is 25.2 Å².